The molecule has 34 heavy (non-hydrogen) atoms. The zero-order chi connectivity index (χ0) is 24.5. The van der Waals surface area contributed by atoms with Gasteiger partial charge in [0.25, 0.3) is 10.1 Å². The molecule has 2 aliphatic rings. The number of halogens is 2. The van der Waals surface area contributed by atoms with Gasteiger partial charge in [0.2, 0.25) is 0 Å². The van der Waals surface area contributed by atoms with Crippen molar-refractivity contribution in [2.75, 3.05) is 0 Å². The molecule has 2 aromatic rings. The summed E-state index contributed by atoms with van der Waals surface area (Å²) in [4.78, 5) is 13.1. The third-order valence-electron chi connectivity index (χ3n) is 6.93. The molecule has 0 aliphatic heterocycles. The molecule has 0 radical (unpaired) electrons. The van der Waals surface area contributed by atoms with E-state index in [4.69, 9.17) is 4.74 Å². The van der Waals surface area contributed by atoms with Gasteiger partial charge in [-0.3, -0.25) is 4.55 Å². The van der Waals surface area contributed by atoms with Crippen LogP contribution in [0.25, 0.3) is 0 Å². The zero-order valence-electron chi connectivity index (χ0n) is 18.7. The Kier molecular flexibility index (Phi) is 8.46. The van der Waals surface area contributed by atoms with Crippen molar-refractivity contribution in [2.45, 2.75) is 80.9 Å². The molecule has 0 heterocycles. The standard InChI is InChI=1S/C25H28I2O6S/c26-17-11-21(23(28)22(27)12-17)25(29)33-18-13-19(15-7-3-1-4-8-15)24(34(30,31)32)20(14-18)16-9-5-2-6-10-16/h11-16,28H,1-10H2,(H,30,31,32). The molecule has 2 aromatic carbocycles. The van der Waals surface area contributed by atoms with Crippen molar-refractivity contribution in [2.24, 2.45) is 0 Å². The number of rotatable bonds is 5. The van der Waals surface area contributed by atoms with Gasteiger partial charge in [-0.25, -0.2) is 4.79 Å². The highest BCUT2D eigenvalue weighted by atomic mass is 127. The quantitative estimate of drug-likeness (QED) is 0.148. The number of carbonyl (C=O) groups excluding carboxylic acids is 1. The minimum Gasteiger partial charge on any atom is -0.506 e. The fourth-order valence-corrected chi connectivity index (χ4v) is 8.21. The summed E-state index contributed by atoms with van der Waals surface area (Å²) in [6, 6.07) is 6.55. The van der Waals surface area contributed by atoms with Crippen LogP contribution in [0.5, 0.6) is 11.5 Å². The lowest BCUT2D eigenvalue weighted by Gasteiger charge is -2.29. The highest BCUT2D eigenvalue weighted by Gasteiger charge is 2.32. The van der Waals surface area contributed by atoms with Gasteiger partial charge in [-0.05, 0) is 118 Å². The first-order valence-electron chi connectivity index (χ1n) is 11.7. The first-order chi connectivity index (χ1) is 16.1. The van der Waals surface area contributed by atoms with Crippen LogP contribution in [0.15, 0.2) is 29.2 Å². The predicted octanol–water partition coefficient (Wildman–Crippen LogP) is 7.16. The van der Waals surface area contributed by atoms with Gasteiger partial charge in [0.1, 0.15) is 22.0 Å². The molecular weight excluding hydrogens is 682 g/mol. The maximum absolute atomic E-state index is 13.0. The van der Waals surface area contributed by atoms with Crippen LogP contribution in [-0.2, 0) is 10.1 Å². The number of phenolic OH excluding ortho intramolecular Hbond substituents is 1. The van der Waals surface area contributed by atoms with Crippen molar-refractivity contribution in [3.8, 4) is 11.5 Å². The number of esters is 1. The SMILES string of the molecule is O=C(Oc1cc(C2CCCCC2)c(S(=O)(=O)O)c(C2CCCCC2)c1)c1cc(I)cc(I)c1O. The third kappa shape index (κ3) is 5.89. The van der Waals surface area contributed by atoms with Crippen molar-refractivity contribution in [3.63, 3.8) is 0 Å². The molecule has 0 unspecified atom stereocenters. The molecule has 4 rings (SSSR count). The van der Waals surface area contributed by atoms with E-state index in [0.29, 0.717) is 14.7 Å². The molecule has 6 nitrogen and oxygen atoms in total. The highest BCUT2D eigenvalue weighted by Crippen LogP contribution is 2.44. The second-order valence-corrected chi connectivity index (χ2v) is 13.0. The van der Waals surface area contributed by atoms with Gasteiger partial charge in [0.15, 0.2) is 0 Å². The summed E-state index contributed by atoms with van der Waals surface area (Å²) < 4.78 is 42.7. The van der Waals surface area contributed by atoms with E-state index in [1.165, 1.54) is 0 Å². The molecule has 2 aliphatic carbocycles. The average Bonchev–Trinajstić information content (AvgIpc) is 2.81. The Morgan fingerprint density at radius 1 is 0.853 bits per heavy atom. The van der Waals surface area contributed by atoms with E-state index in [9.17, 15) is 22.9 Å². The van der Waals surface area contributed by atoms with Crippen molar-refractivity contribution in [1.29, 1.82) is 0 Å². The van der Waals surface area contributed by atoms with E-state index < -0.39 is 16.1 Å². The second-order valence-electron chi connectivity index (χ2n) is 9.25. The Morgan fingerprint density at radius 2 is 1.35 bits per heavy atom. The third-order valence-corrected chi connectivity index (χ3v) is 9.36. The Labute approximate surface area is 227 Å². The lowest BCUT2D eigenvalue weighted by atomic mass is 9.79. The van der Waals surface area contributed by atoms with Crippen LogP contribution in [0.2, 0.25) is 0 Å². The Morgan fingerprint density at radius 3 is 1.82 bits per heavy atom. The minimum absolute atomic E-state index is 0.0118. The molecule has 0 saturated heterocycles. The number of ether oxygens (including phenoxy) is 1. The van der Waals surface area contributed by atoms with Crippen LogP contribution < -0.4 is 4.74 Å². The van der Waals surface area contributed by atoms with Crippen LogP contribution in [0.1, 0.15) is 97.5 Å². The fourth-order valence-electron chi connectivity index (χ4n) is 5.32. The van der Waals surface area contributed by atoms with Gasteiger partial charge < -0.3 is 9.84 Å². The summed E-state index contributed by atoms with van der Waals surface area (Å²) in [5.74, 6) is -0.609. The Bertz CT molecular complexity index is 1140. The summed E-state index contributed by atoms with van der Waals surface area (Å²) in [7, 11) is -4.46. The van der Waals surface area contributed by atoms with E-state index in [-0.39, 0.29) is 33.8 Å². The fraction of sp³-hybridized carbons (Fsp3) is 0.480. The normalized spacial score (nSPS) is 18.1. The summed E-state index contributed by atoms with van der Waals surface area (Å²) in [6.07, 6.45) is 9.51. The summed E-state index contributed by atoms with van der Waals surface area (Å²) in [6.45, 7) is 0. The number of benzene rings is 2. The summed E-state index contributed by atoms with van der Waals surface area (Å²) in [5.41, 5.74) is 1.16. The molecule has 0 aromatic heterocycles. The number of aromatic hydroxyl groups is 1. The lowest BCUT2D eigenvalue weighted by Crippen LogP contribution is -2.18. The molecule has 0 spiro atoms. The van der Waals surface area contributed by atoms with Crippen molar-refractivity contribution in [3.05, 3.63) is 48.1 Å². The Hall–Kier alpha value is -0.920. The van der Waals surface area contributed by atoms with E-state index in [1.807, 2.05) is 22.6 Å². The Balaban J connectivity index is 1.82. The predicted molar refractivity (Wildman–Crippen MR) is 146 cm³/mol. The highest BCUT2D eigenvalue weighted by molar-refractivity contribution is 14.1. The van der Waals surface area contributed by atoms with Crippen molar-refractivity contribution < 1.29 is 27.6 Å². The van der Waals surface area contributed by atoms with Crippen molar-refractivity contribution >= 4 is 61.3 Å². The van der Waals surface area contributed by atoms with E-state index in [1.54, 1.807) is 24.3 Å². The number of phenols is 1. The maximum Gasteiger partial charge on any atom is 0.347 e. The minimum atomic E-state index is -4.46. The van der Waals surface area contributed by atoms with Crippen LogP contribution >= 0.6 is 45.2 Å². The van der Waals surface area contributed by atoms with Gasteiger partial charge in [0.05, 0.1) is 3.57 Å². The van der Waals surface area contributed by atoms with E-state index in [0.717, 1.165) is 67.8 Å². The first kappa shape index (κ1) is 26.2. The molecule has 2 fully saturated rings. The van der Waals surface area contributed by atoms with E-state index >= 15 is 0 Å². The molecular formula is C25H28I2O6S. The first-order valence-corrected chi connectivity index (χ1v) is 15.3. The maximum atomic E-state index is 13.0. The second kappa shape index (κ2) is 11.0. The molecule has 2 N–H and O–H groups in total. The number of hydrogen-bond donors (Lipinski definition) is 2. The molecule has 2 saturated carbocycles. The van der Waals surface area contributed by atoms with Gasteiger partial charge >= 0.3 is 5.97 Å². The van der Waals surface area contributed by atoms with Crippen molar-refractivity contribution in [1.82, 2.24) is 0 Å². The van der Waals surface area contributed by atoms with Crippen LogP contribution in [0.4, 0.5) is 0 Å². The van der Waals surface area contributed by atoms with Gasteiger partial charge in [-0.1, -0.05) is 38.5 Å². The summed E-state index contributed by atoms with van der Waals surface area (Å²) >= 11 is 4.04. The largest absolute Gasteiger partial charge is 0.506 e. The molecule has 0 bridgehead atoms. The van der Waals surface area contributed by atoms with Crippen LogP contribution in [-0.4, -0.2) is 24.0 Å². The average molecular weight is 710 g/mol. The molecule has 9 heteroatoms. The molecule has 184 valence electrons. The summed E-state index contributed by atoms with van der Waals surface area (Å²) in [5, 5.41) is 10.4. The number of carbonyl (C=O) groups is 1. The smallest absolute Gasteiger partial charge is 0.347 e. The van der Waals surface area contributed by atoms with E-state index in [2.05, 4.69) is 22.6 Å². The lowest BCUT2D eigenvalue weighted by molar-refractivity contribution is 0.0731. The zero-order valence-corrected chi connectivity index (χ0v) is 23.9. The molecule has 0 amide bonds. The topological polar surface area (TPSA) is 101 Å². The monoisotopic (exact) mass is 710 g/mol. The van der Waals surface area contributed by atoms with Crippen LogP contribution in [0, 0.1) is 7.14 Å². The van der Waals surface area contributed by atoms with Gasteiger partial charge in [-0.2, -0.15) is 8.42 Å². The van der Waals surface area contributed by atoms with Gasteiger partial charge in [0, 0.05) is 3.57 Å². The molecule has 0 atom stereocenters. The van der Waals surface area contributed by atoms with Crippen LogP contribution in [0.3, 0.4) is 0 Å². The number of hydrogen-bond acceptors (Lipinski definition) is 5. The van der Waals surface area contributed by atoms with Gasteiger partial charge in [-0.15, -0.1) is 0 Å².